The summed E-state index contributed by atoms with van der Waals surface area (Å²) >= 11 is 0. The molecule has 0 atom stereocenters. The third-order valence-corrected chi connectivity index (χ3v) is 2.93. The Balaban J connectivity index is 3.06. The summed E-state index contributed by atoms with van der Waals surface area (Å²) in [5.41, 5.74) is 8.96. The van der Waals surface area contributed by atoms with Crippen LogP contribution < -0.4 is 10.2 Å². The van der Waals surface area contributed by atoms with E-state index in [0.717, 1.165) is 22.6 Å². The summed E-state index contributed by atoms with van der Waals surface area (Å²) in [5, 5.41) is 0. The van der Waals surface area contributed by atoms with Gasteiger partial charge in [0.1, 0.15) is 5.75 Å². The number of rotatable bonds is 2. The Bertz CT molecular complexity index is 342. The number of aryl methyl sites for hydroxylation is 1. The van der Waals surface area contributed by atoms with Crippen molar-refractivity contribution < 1.29 is 4.43 Å². The van der Waals surface area contributed by atoms with Crippen LogP contribution in [-0.4, -0.2) is 8.32 Å². The molecule has 0 aliphatic rings. The molecule has 0 fully saturated rings. The van der Waals surface area contributed by atoms with Gasteiger partial charge in [0.2, 0.25) is 8.32 Å². The molecule has 2 nitrogen and oxygen atoms in total. The minimum Gasteiger partial charge on any atom is -0.544 e. The van der Waals surface area contributed by atoms with Gasteiger partial charge in [-0.3, -0.25) is 0 Å². The van der Waals surface area contributed by atoms with Crippen LogP contribution in [0, 0.1) is 13.8 Å². The fraction of sp³-hybridized carbons (Fsp3) is 0.455. The molecule has 0 amide bonds. The van der Waals surface area contributed by atoms with E-state index in [4.69, 9.17) is 10.2 Å². The molecule has 14 heavy (non-hydrogen) atoms. The SMILES string of the molecule is Cc1ccc(O[Si](C)(C)C)c(C)c1N. The highest BCUT2D eigenvalue weighted by Crippen LogP contribution is 2.28. The zero-order valence-corrected chi connectivity index (χ0v) is 10.6. The van der Waals surface area contributed by atoms with Crippen molar-refractivity contribution >= 4 is 14.0 Å². The molecule has 1 rings (SSSR count). The van der Waals surface area contributed by atoms with Gasteiger partial charge in [-0.1, -0.05) is 6.07 Å². The fourth-order valence-corrected chi connectivity index (χ4v) is 2.17. The van der Waals surface area contributed by atoms with Crippen LogP contribution in [0.1, 0.15) is 11.1 Å². The number of benzene rings is 1. The lowest BCUT2D eigenvalue weighted by molar-refractivity contribution is 0.553. The first kappa shape index (κ1) is 11.1. The number of nitrogen functional groups attached to an aromatic ring is 1. The number of nitrogens with two attached hydrogens (primary N) is 1. The van der Waals surface area contributed by atoms with Crippen LogP contribution >= 0.6 is 0 Å². The van der Waals surface area contributed by atoms with Crippen LogP contribution in [0.25, 0.3) is 0 Å². The molecule has 0 aliphatic heterocycles. The Labute approximate surface area is 87.2 Å². The lowest BCUT2D eigenvalue weighted by Crippen LogP contribution is -2.29. The molecule has 3 heteroatoms. The van der Waals surface area contributed by atoms with Crippen molar-refractivity contribution in [2.45, 2.75) is 33.5 Å². The number of anilines is 1. The van der Waals surface area contributed by atoms with E-state index in [-0.39, 0.29) is 0 Å². The van der Waals surface area contributed by atoms with Crippen LogP contribution in [0.15, 0.2) is 12.1 Å². The first-order valence-corrected chi connectivity index (χ1v) is 8.27. The lowest BCUT2D eigenvalue weighted by Gasteiger charge is -2.21. The highest BCUT2D eigenvalue weighted by atomic mass is 28.4. The maximum absolute atomic E-state index is 5.94. The van der Waals surface area contributed by atoms with E-state index >= 15 is 0 Å². The second-order valence-corrected chi connectivity index (χ2v) is 9.06. The van der Waals surface area contributed by atoms with E-state index in [0.29, 0.717) is 0 Å². The Hall–Kier alpha value is -0.963. The first-order valence-electron chi connectivity index (χ1n) is 4.86. The van der Waals surface area contributed by atoms with Crippen molar-refractivity contribution in [3.8, 4) is 5.75 Å². The average molecular weight is 209 g/mol. The Morgan fingerprint density at radius 2 is 1.71 bits per heavy atom. The number of hydrogen-bond acceptors (Lipinski definition) is 2. The van der Waals surface area contributed by atoms with Crippen molar-refractivity contribution in [3.05, 3.63) is 23.3 Å². The topological polar surface area (TPSA) is 35.2 Å². The predicted octanol–water partition coefficient (Wildman–Crippen LogP) is 3.10. The van der Waals surface area contributed by atoms with E-state index in [1.165, 1.54) is 0 Å². The second-order valence-electron chi connectivity index (χ2n) is 4.63. The van der Waals surface area contributed by atoms with Crippen LogP contribution in [0.3, 0.4) is 0 Å². The highest BCUT2D eigenvalue weighted by Gasteiger charge is 2.18. The highest BCUT2D eigenvalue weighted by molar-refractivity contribution is 6.70. The first-order chi connectivity index (χ1) is 6.31. The van der Waals surface area contributed by atoms with Gasteiger partial charge >= 0.3 is 0 Å². The molecule has 1 aromatic rings. The van der Waals surface area contributed by atoms with Gasteiger partial charge in [-0.15, -0.1) is 0 Å². The van der Waals surface area contributed by atoms with E-state index in [1.54, 1.807) is 0 Å². The zero-order valence-electron chi connectivity index (χ0n) is 9.64. The molecule has 0 aromatic heterocycles. The Kier molecular flexibility index (Phi) is 2.90. The van der Waals surface area contributed by atoms with Crippen molar-refractivity contribution in [2.24, 2.45) is 0 Å². The summed E-state index contributed by atoms with van der Waals surface area (Å²) in [7, 11) is -1.53. The van der Waals surface area contributed by atoms with Crippen molar-refractivity contribution in [3.63, 3.8) is 0 Å². The van der Waals surface area contributed by atoms with Crippen LogP contribution in [0.5, 0.6) is 5.75 Å². The Morgan fingerprint density at radius 3 is 2.21 bits per heavy atom. The molecule has 0 unspecified atom stereocenters. The van der Waals surface area contributed by atoms with Gasteiger partial charge in [0.25, 0.3) is 0 Å². The van der Waals surface area contributed by atoms with E-state index in [2.05, 4.69) is 19.6 Å². The molecule has 0 bridgehead atoms. The molecule has 2 N–H and O–H groups in total. The lowest BCUT2D eigenvalue weighted by atomic mass is 10.1. The van der Waals surface area contributed by atoms with Gasteiger partial charge < -0.3 is 10.2 Å². The number of hydrogen-bond donors (Lipinski definition) is 1. The van der Waals surface area contributed by atoms with E-state index in [1.807, 2.05) is 26.0 Å². The standard InChI is InChI=1S/C11H19NOSi/c1-8-6-7-10(9(2)11(8)12)13-14(3,4)5/h6-7H,12H2,1-5H3. The van der Waals surface area contributed by atoms with E-state index in [9.17, 15) is 0 Å². The molecule has 0 aliphatic carbocycles. The molecule has 0 saturated heterocycles. The van der Waals surface area contributed by atoms with Crippen LogP contribution in [0.2, 0.25) is 19.6 Å². The molecule has 0 spiro atoms. The maximum atomic E-state index is 5.94. The second kappa shape index (κ2) is 3.65. The monoisotopic (exact) mass is 209 g/mol. The van der Waals surface area contributed by atoms with Gasteiger partial charge in [-0.05, 0) is 45.1 Å². The summed E-state index contributed by atoms with van der Waals surface area (Å²) in [6, 6.07) is 4.02. The van der Waals surface area contributed by atoms with Gasteiger partial charge in [-0.25, -0.2) is 0 Å². The van der Waals surface area contributed by atoms with Gasteiger partial charge in [0, 0.05) is 11.3 Å². The summed E-state index contributed by atoms with van der Waals surface area (Å²) in [4.78, 5) is 0. The minimum absolute atomic E-state index is 0.848. The summed E-state index contributed by atoms with van der Waals surface area (Å²) in [5.74, 6) is 0.937. The van der Waals surface area contributed by atoms with Gasteiger partial charge in [0.15, 0.2) is 0 Å². The molecule has 0 radical (unpaired) electrons. The average Bonchev–Trinajstić information content (AvgIpc) is 2.04. The largest absolute Gasteiger partial charge is 0.544 e. The third-order valence-electron chi connectivity index (χ3n) is 2.10. The van der Waals surface area contributed by atoms with Crippen LogP contribution in [0.4, 0.5) is 5.69 Å². The van der Waals surface area contributed by atoms with Gasteiger partial charge in [-0.2, -0.15) is 0 Å². The maximum Gasteiger partial charge on any atom is 0.242 e. The smallest absolute Gasteiger partial charge is 0.242 e. The molecular formula is C11H19NOSi. The van der Waals surface area contributed by atoms with E-state index < -0.39 is 8.32 Å². The van der Waals surface area contributed by atoms with Crippen LogP contribution in [-0.2, 0) is 0 Å². The van der Waals surface area contributed by atoms with Crippen molar-refractivity contribution in [1.29, 1.82) is 0 Å². The zero-order chi connectivity index (χ0) is 10.9. The predicted molar refractivity (Wildman–Crippen MR) is 64.3 cm³/mol. The quantitative estimate of drug-likeness (QED) is 0.600. The Morgan fingerprint density at radius 1 is 1.14 bits per heavy atom. The fourth-order valence-electron chi connectivity index (χ4n) is 1.28. The van der Waals surface area contributed by atoms with Crippen molar-refractivity contribution in [2.75, 3.05) is 5.73 Å². The molecule has 78 valence electrons. The molecule has 0 saturated carbocycles. The summed E-state index contributed by atoms with van der Waals surface area (Å²) < 4.78 is 5.93. The summed E-state index contributed by atoms with van der Waals surface area (Å²) in [6.07, 6.45) is 0. The van der Waals surface area contributed by atoms with Crippen molar-refractivity contribution in [1.82, 2.24) is 0 Å². The minimum atomic E-state index is -1.53. The summed E-state index contributed by atoms with van der Waals surface area (Å²) in [6.45, 7) is 10.5. The molecule has 1 aromatic carbocycles. The van der Waals surface area contributed by atoms with Gasteiger partial charge in [0.05, 0.1) is 0 Å². The third kappa shape index (κ3) is 2.51. The normalized spacial score (nSPS) is 11.5. The molecular weight excluding hydrogens is 190 g/mol. The molecule has 0 heterocycles.